The number of unbranched alkanes of at least 4 members (excludes halogenated alkanes) is 32. The molecular weight excluding hydrogens is 791 g/mol. The standard InChI is InChI=1S/C58H107NO5/c1-4-7-10-13-16-19-22-25-27-28-29-31-33-36-39-42-45-48-51-58(63)64-54(49-46-43-40-37-34-32-30-26-23-20-17-14-11-8-5-2)52-57(62)59-55(53-60)56(61)50-47-44-41-38-35-24-21-18-15-12-9-6-3/h22,25-31,54-56,60-61H,4-21,23-24,32-53H2,1-3H3,(H,59,62)/b25-22+,28-27+,30-26+,31-29+. The zero-order valence-electron chi connectivity index (χ0n) is 42.7. The topological polar surface area (TPSA) is 95.9 Å². The molecule has 3 N–H and O–H groups in total. The molecule has 0 aliphatic carbocycles. The van der Waals surface area contributed by atoms with Gasteiger partial charge < -0.3 is 20.3 Å². The molecule has 0 bridgehead atoms. The summed E-state index contributed by atoms with van der Waals surface area (Å²) < 4.78 is 5.94. The van der Waals surface area contributed by atoms with Gasteiger partial charge in [0.1, 0.15) is 6.10 Å². The van der Waals surface area contributed by atoms with Crippen LogP contribution in [-0.4, -0.2) is 46.9 Å². The largest absolute Gasteiger partial charge is 0.462 e. The first-order valence-electron chi connectivity index (χ1n) is 27.9. The van der Waals surface area contributed by atoms with Crippen molar-refractivity contribution in [2.75, 3.05) is 6.61 Å². The Morgan fingerprint density at radius 2 is 0.812 bits per heavy atom. The fraction of sp³-hybridized carbons (Fsp3) is 0.828. The quantitative estimate of drug-likeness (QED) is 0.0245. The van der Waals surface area contributed by atoms with E-state index in [0.29, 0.717) is 19.3 Å². The van der Waals surface area contributed by atoms with Gasteiger partial charge in [0.05, 0.1) is 25.2 Å². The van der Waals surface area contributed by atoms with E-state index >= 15 is 0 Å². The normalized spacial score (nSPS) is 13.5. The minimum absolute atomic E-state index is 0.0646. The molecule has 3 atom stereocenters. The number of carbonyl (C=O) groups excluding carboxylic acids is 2. The minimum Gasteiger partial charge on any atom is -0.462 e. The van der Waals surface area contributed by atoms with E-state index in [-0.39, 0.29) is 24.9 Å². The number of allylic oxidation sites excluding steroid dienone is 8. The fourth-order valence-electron chi connectivity index (χ4n) is 8.43. The fourth-order valence-corrected chi connectivity index (χ4v) is 8.43. The maximum Gasteiger partial charge on any atom is 0.306 e. The van der Waals surface area contributed by atoms with Crippen molar-refractivity contribution in [2.45, 2.75) is 302 Å². The number of hydrogen-bond donors (Lipinski definition) is 3. The third kappa shape index (κ3) is 46.4. The van der Waals surface area contributed by atoms with E-state index in [1.165, 1.54) is 154 Å². The molecule has 0 spiro atoms. The number of aliphatic hydroxyl groups is 2. The number of rotatable bonds is 50. The van der Waals surface area contributed by atoms with Crippen LogP contribution in [0.4, 0.5) is 0 Å². The van der Waals surface area contributed by atoms with Crippen LogP contribution in [-0.2, 0) is 14.3 Å². The Morgan fingerprint density at radius 1 is 0.453 bits per heavy atom. The van der Waals surface area contributed by atoms with Gasteiger partial charge in [0, 0.05) is 6.42 Å². The lowest BCUT2D eigenvalue weighted by Gasteiger charge is -2.24. The van der Waals surface area contributed by atoms with Gasteiger partial charge in [-0.25, -0.2) is 0 Å². The lowest BCUT2D eigenvalue weighted by atomic mass is 10.0. The summed E-state index contributed by atoms with van der Waals surface area (Å²) in [6.07, 6.45) is 63.1. The number of aliphatic hydroxyl groups excluding tert-OH is 2. The molecule has 3 unspecified atom stereocenters. The van der Waals surface area contributed by atoms with Crippen molar-refractivity contribution in [3.05, 3.63) is 48.6 Å². The molecule has 0 saturated heterocycles. The number of nitrogens with one attached hydrogen (secondary N) is 1. The molecule has 0 aromatic heterocycles. The number of hydrogen-bond acceptors (Lipinski definition) is 5. The summed E-state index contributed by atoms with van der Waals surface area (Å²) >= 11 is 0. The molecule has 0 aliphatic rings. The average molecular weight is 898 g/mol. The summed E-state index contributed by atoms with van der Waals surface area (Å²) in [5.74, 6) is -0.496. The summed E-state index contributed by atoms with van der Waals surface area (Å²) in [4.78, 5) is 26.2. The summed E-state index contributed by atoms with van der Waals surface area (Å²) in [6.45, 7) is 6.47. The molecule has 6 heteroatoms. The van der Waals surface area contributed by atoms with E-state index in [9.17, 15) is 19.8 Å². The van der Waals surface area contributed by atoms with Gasteiger partial charge >= 0.3 is 5.97 Å². The molecule has 6 nitrogen and oxygen atoms in total. The lowest BCUT2D eigenvalue weighted by Crippen LogP contribution is -2.46. The van der Waals surface area contributed by atoms with E-state index in [1.807, 2.05) is 0 Å². The zero-order valence-corrected chi connectivity index (χ0v) is 42.7. The summed E-state index contributed by atoms with van der Waals surface area (Å²) in [5, 5.41) is 23.8. The van der Waals surface area contributed by atoms with Gasteiger partial charge in [0.2, 0.25) is 5.91 Å². The van der Waals surface area contributed by atoms with E-state index in [0.717, 1.165) is 83.5 Å². The van der Waals surface area contributed by atoms with E-state index in [4.69, 9.17) is 4.74 Å². The SMILES string of the molecule is CCCCCCC/C=C/C=C/C=C/CCCCCCCC(=O)OC(CCCCCCC/C=C/CCCCCCCC)CC(=O)NC(CO)C(O)CCCCCCCCCCCCCC. The smallest absolute Gasteiger partial charge is 0.306 e. The molecule has 0 aromatic rings. The summed E-state index contributed by atoms with van der Waals surface area (Å²) in [7, 11) is 0. The van der Waals surface area contributed by atoms with Crippen LogP contribution in [0.1, 0.15) is 284 Å². The van der Waals surface area contributed by atoms with Gasteiger partial charge in [-0.05, 0) is 77.0 Å². The second-order valence-electron chi connectivity index (χ2n) is 19.0. The number of ether oxygens (including phenoxy) is 1. The van der Waals surface area contributed by atoms with Crippen molar-refractivity contribution in [1.82, 2.24) is 5.32 Å². The van der Waals surface area contributed by atoms with Gasteiger partial charge in [0.15, 0.2) is 0 Å². The Hall–Kier alpha value is -2.18. The van der Waals surface area contributed by atoms with Gasteiger partial charge in [-0.3, -0.25) is 9.59 Å². The Labute approximate surface area is 397 Å². The van der Waals surface area contributed by atoms with Crippen LogP contribution < -0.4 is 5.32 Å². The number of carbonyl (C=O) groups is 2. The number of esters is 1. The molecule has 374 valence electrons. The Kier molecular flexibility index (Phi) is 50.0. The number of amides is 1. The first kappa shape index (κ1) is 61.8. The highest BCUT2D eigenvalue weighted by atomic mass is 16.5. The molecule has 0 radical (unpaired) electrons. The predicted octanol–water partition coefficient (Wildman–Crippen LogP) is 17.0. The van der Waals surface area contributed by atoms with Crippen LogP contribution >= 0.6 is 0 Å². The molecule has 0 heterocycles. The zero-order chi connectivity index (χ0) is 46.7. The second kappa shape index (κ2) is 51.8. The monoisotopic (exact) mass is 898 g/mol. The van der Waals surface area contributed by atoms with Gasteiger partial charge in [-0.15, -0.1) is 0 Å². The predicted molar refractivity (Wildman–Crippen MR) is 278 cm³/mol. The average Bonchev–Trinajstić information content (AvgIpc) is 3.29. The first-order chi connectivity index (χ1) is 31.5. The molecule has 0 saturated carbocycles. The van der Waals surface area contributed by atoms with Crippen molar-refractivity contribution >= 4 is 11.9 Å². The van der Waals surface area contributed by atoms with Gasteiger partial charge in [-0.1, -0.05) is 243 Å². The van der Waals surface area contributed by atoms with Crippen molar-refractivity contribution < 1.29 is 24.5 Å². The van der Waals surface area contributed by atoms with Crippen LogP contribution in [0.25, 0.3) is 0 Å². The van der Waals surface area contributed by atoms with E-state index in [2.05, 4.69) is 74.7 Å². The van der Waals surface area contributed by atoms with Crippen LogP contribution in [0.5, 0.6) is 0 Å². The molecule has 1 amide bonds. The van der Waals surface area contributed by atoms with Crippen molar-refractivity contribution in [3.63, 3.8) is 0 Å². The molecule has 0 aliphatic heterocycles. The van der Waals surface area contributed by atoms with Crippen molar-refractivity contribution in [3.8, 4) is 0 Å². The Bertz CT molecular complexity index is 1100. The molecule has 64 heavy (non-hydrogen) atoms. The highest BCUT2D eigenvalue weighted by molar-refractivity contribution is 5.77. The van der Waals surface area contributed by atoms with Gasteiger partial charge in [-0.2, -0.15) is 0 Å². The Balaban J connectivity index is 4.61. The van der Waals surface area contributed by atoms with Crippen molar-refractivity contribution in [1.29, 1.82) is 0 Å². The van der Waals surface area contributed by atoms with E-state index < -0.39 is 18.2 Å². The van der Waals surface area contributed by atoms with Crippen LogP contribution in [0.3, 0.4) is 0 Å². The van der Waals surface area contributed by atoms with Crippen LogP contribution in [0.2, 0.25) is 0 Å². The molecule has 0 fully saturated rings. The minimum atomic E-state index is -0.793. The van der Waals surface area contributed by atoms with Crippen molar-refractivity contribution in [2.24, 2.45) is 0 Å². The maximum absolute atomic E-state index is 13.2. The molecular formula is C58H107NO5. The highest BCUT2D eigenvalue weighted by Crippen LogP contribution is 2.18. The lowest BCUT2D eigenvalue weighted by molar-refractivity contribution is -0.151. The second-order valence-corrected chi connectivity index (χ2v) is 19.0. The van der Waals surface area contributed by atoms with E-state index in [1.54, 1.807) is 0 Å². The summed E-state index contributed by atoms with van der Waals surface area (Å²) in [6, 6.07) is -0.708. The summed E-state index contributed by atoms with van der Waals surface area (Å²) in [5.41, 5.74) is 0. The van der Waals surface area contributed by atoms with Crippen LogP contribution in [0, 0.1) is 0 Å². The van der Waals surface area contributed by atoms with Gasteiger partial charge in [0.25, 0.3) is 0 Å². The Morgan fingerprint density at radius 3 is 1.23 bits per heavy atom. The third-order valence-electron chi connectivity index (χ3n) is 12.7. The van der Waals surface area contributed by atoms with Crippen LogP contribution in [0.15, 0.2) is 48.6 Å². The molecule has 0 rings (SSSR count). The molecule has 0 aromatic carbocycles. The first-order valence-corrected chi connectivity index (χ1v) is 27.9. The maximum atomic E-state index is 13.2. The highest BCUT2D eigenvalue weighted by Gasteiger charge is 2.24. The third-order valence-corrected chi connectivity index (χ3v) is 12.7.